The van der Waals surface area contributed by atoms with Crippen molar-refractivity contribution >= 4 is 6.08 Å². The minimum Gasteiger partial charge on any atom is -0.491 e. The molecule has 0 heterocycles. The smallest absolute Gasteiger partial charge is 0.165 e. The van der Waals surface area contributed by atoms with E-state index in [9.17, 15) is 4.39 Å². The van der Waals surface area contributed by atoms with Gasteiger partial charge >= 0.3 is 0 Å². The van der Waals surface area contributed by atoms with Crippen LogP contribution in [0.25, 0.3) is 6.08 Å². The van der Waals surface area contributed by atoms with Gasteiger partial charge in [0.15, 0.2) is 11.6 Å². The fourth-order valence-corrected chi connectivity index (χ4v) is 0.917. The maximum absolute atomic E-state index is 13.1. The maximum atomic E-state index is 13.1. The van der Waals surface area contributed by atoms with E-state index in [1.807, 2.05) is 6.92 Å². The highest BCUT2D eigenvalue weighted by molar-refractivity contribution is 5.48. The highest BCUT2D eigenvalue weighted by Gasteiger charge is 2.01. The van der Waals surface area contributed by atoms with Crippen LogP contribution in [0.2, 0.25) is 0 Å². The largest absolute Gasteiger partial charge is 0.491 e. The van der Waals surface area contributed by atoms with Crippen LogP contribution in [-0.2, 0) is 0 Å². The predicted octanol–water partition coefficient (Wildman–Crippen LogP) is 2.87. The fourth-order valence-electron chi connectivity index (χ4n) is 0.917. The first-order valence-corrected chi connectivity index (χ1v) is 3.82. The Morgan fingerprint density at radius 3 is 2.83 bits per heavy atom. The van der Waals surface area contributed by atoms with Gasteiger partial charge in [0.25, 0.3) is 0 Å². The molecule has 12 heavy (non-hydrogen) atoms. The highest BCUT2D eigenvalue weighted by atomic mass is 19.1. The predicted molar refractivity (Wildman–Crippen MR) is 47.7 cm³/mol. The molecule has 0 N–H and O–H groups in total. The molecule has 0 bridgehead atoms. The lowest BCUT2D eigenvalue weighted by Gasteiger charge is -2.04. The van der Waals surface area contributed by atoms with Crippen LogP contribution in [0.1, 0.15) is 12.5 Å². The number of ether oxygens (including phenoxy) is 1. The lowest BCUT2D eigenvalue weighted by Crippen LogP contribution is -1.94. The van der Waals surface area contributed by atoms with Crippen LogP contribution in [0.3, 0.4) is 0 Å². The summed E-state index contributed by atoms with van der Waals surface area (Å²) in [6.45, 7) is 5.84. The first-order valence-electron chi connectivity index (χ1n) is 3.82. The maximum Gasteiger partial charge on any atom is 0.165 e. The average molecular weight is 166 g/mol. The Labute approximate surface area is 71.5 Å². The average Bonchev–Trinajstić information content (AvgIpc) is 2.09. The van der Waals surface area contributed by atoms with Crippen molar-refractivity contribution in [2.75, 3.05) is 6.61 Å². The second-order valence-corrected chi connectivity index (χ2v) is 2.33. The Morgan fingerprint density at radius 2 is 2.33 bits per heavy atom. The number of rotatable bonds is 3. The Bertz CT molecular complexity index is 281. The Morgan fingerprint density at radius 1 is 1.58 bits per heavy atom. The van der Waals surface area contributed by atoms with E-state index in [0.717, 1.165) is 5.56 Å². The van der Waals surface area contributed by atoms with E-state index < -0.39 is 0 Å². The summed E-state index contributed by atoms with van der Waals surface area (Å²) in [7, 11) is 0. The first-order chi connectivity index (χ1) is 5.77. The molecule has 1 rings (SSSR count). The molecule has 64 valence electrons. The molecule has 0 radical (unpaired) electrons. The summed E-state index contributed by atoms with van der Waals surface area (Å²) < 4.78 is 18.1. The van der Waals surface area contributed by atoms with Crippen molar-refractivity contribution in [3.63, 3.8) is 0 Å². The minimum atomic E-state index is -0.339. The van der Waals surface area contributed by atoms with E-state index in [4.69, 9.17) is 4.74 Å². The van der Waals surface area contributed by atoms with E-state index in [1.165, 1.54) is 6.07 Å². The van der Waals surface area contributed by atoms with Gasteiger partial charge in [-0.15, -0.1) is 0 Å². The van der Waals surface area contributed by atoms with E-state index in [1.54, 1.807) is 18.2 Å². The second kappa shape index (κ2) is 3.90. The molecule has 0 fully saturated rings. The summed E-state index contributed by atoms with van der Waals surface area (Å²) in [4.78, 5) is 0. The third-order valence-corrected chi connectivity index (χ3v) is 1.49. The van der Waals surface area contributed by atoms with Crippen LogP contribution < -0.4 is 4.74 Å². The molecule has 0 amide bonds. The molecular weight excluding hydrogens is 155 g/mol. The summed E-state index contributed by atoms with van der Waals surface area (Å²) in [5.74, 6) is -0.0441. The van der Waals surface area contributed by atoms with Gasteiger partial charge in [0.2, 0.25) is 0 Å². The zero-order chi connectivity index (χ0) is 8.97. The lowest BCUT2D eigenvalue weighted by molar-refractivity contribution is 0.321. The van der Waals surface area contributed by atoms with Crippen molar-refractivity contribution in [1.82, 2.24) is 0 Å². The molecule has 1 nitrogen and oxygen atoms in total. The Balaban J connectivity index is 2.94. The van der Waals surface area contributed by atoms with Crippen molar-refractivity contribution in [3.8, 4) is 5.75 Å². The van der Waals surface area contributed by atoms with Crippen LogP contribution in [-0.4, -0.2) is 6.61 Å². The molecule has 0 atom stereocenters. The van der Waals surface area contributed by atoms with E-state index >= 15 is 0 Å². The van der Waals surface area contributed by atoms with Crippen LogP contribution in [0.5, 0.6) is 5.75 Å². The Kier molecular flexibility index (Phi) is 2.86. The topological polar surface area (TPSA) is 9.23 Å². The van der Waals surface area contributed by atoms with Crippen LogP contribution >= 0.6 is 0 Å². The van der Waals surface area contributed by atoms with Gasteiger partial charge in [0.1, 0.15) is 0 Å². The van der Waals surface area contributed by atoms with Crippen LogP contribution in [0.4, 0.5) is 4.39 Å². The Hall–Kier alpha value is -1.31. The molecule has 0 saturated carbocycles. The molecule has 0 spiro atoms. The van der Waals surface area contributed by atoms with Crippen molar-refractivity contribution in [2.45, 2.75) is 6.92 Å². The normalized spacial score (nSPS) is 9.50. The van der Waals surface area contributed by atoms with Crippen LogP contribution in [0, 0.1) is 5.82 Å². The van der Waals surface area contributed by atoms with Gasteiger partial charge in [-0.05, 0) is 24.6 Å². The quantitative estimate of drug-likeness (QED) is 0.670. The van der Waals surface area contributed by atoms with Crippen LogP contribution in [0.15, 0.2) is 24.8 Å². The van der Waals surface area contributed by atoms with Gasteiger partial charge in [-0.1, -0.05) is 18.7 Å². The SMILES string of the molecule is C=Cc1ccc(OCC)c(F)c1. The minimum absolute atomic E-state index is 0.295. The molecule has 0 aliphatic heterocycles. The summed E-state index contributed by atoms with van der Waals surface area (Å²) in [6.07, 6.45) is 1.60. The first kappa shape index (κ1) is 8.78. The van der Waals surface area contributed by atoms with Crippen molar-refractivity contribution in [1.29, 1.82) is 0 Å². The summed E-state index contributed by atoms with van der Waals surface area (Å²) in [6, 6.07) is 4.77. The van der Waals surface area contributed by atoms with E-state index in [0.29, 0.717) is 12.4 Å². The highest BCUT2D eigenvalue weighted by Crippen LogP contribution is 2.18. The number of hydrogen-bond acceptors (Lipinski definition) is 1. The van der Waals surface area contributed by atoms with Gasteiger partial charge in [-0.3, -0.25) is 0 Å². The third kappa shape index (κ3) is 1.84. The summed E-state index contributed by atoms with van der Waals surface area (Å²) >= 11 is 0. The molecule has 0 aromatic heterocycles. The lowest BCUT2D eigenvalue weighted by atomic mass is 10.2. The monoisotopic (exact) mass is 166 g/mol. The van der Waals surface area contributed by atoms with Gasteiger partial charge < -0.3 is 4.74 Å². The van der Waals surface area contributed by atoms with Gasteiger partial charge in [0, 0.05) is 0 Å². The molecule has 1 aromatic carbocycles. The molecule has 0 saturated heterocycles. The van der Waals surface area contributed by atoms with E-state index in [2.05, 4.69) is 6.58 Å². The number of halogens is 1. The molecular formula is C10H11FO. The molecule has 0 aliphatic carbocycles. The molecule has 1 aromatic rings. The number of hydrogen-bond donors (Lipinski definition) is 0. The van der Waals surface area contributed by atoms with Crippen molar-refractivity contribution in [3.05, 3.63) is 36.2 Å². The zero-order valence-electron chi connectivity index (χ0n) is 7.01. The van der Waals surface area contributed by atoms with Gasteiger partial charge in [-0.2, -0.15) is 0 Å². The van der Waals surface area contributed by atoms with Crippen molar-refractivity contribution in [2.24, 2.45) is 0 Å². The second-order valence-electron chi connectivity index (χ2n) is 2.33. The summed E-state index contributed by atoms with van der Waals surface area (Å²) in [5, 5.41) is 0. The zero-order valence-corrected chi connectivity index (χ0v) is 7.01. The standard InChI is InChI=1S/C10H11FO/c1-3-8-5-6-10(12-4-2)9(11)7-8/h3,5-7H,1,4H2,2H3. The number of benzene rings is 1. The van der Waals surface area contributed by atoms with Gasteiger partial charge in [-0.25, -0.2) is 4.39 Å². The van der Waals surface area contributed by atoms with Gasteiger partial charge in [0.05, 0.1) is 6.61 Å². The molecule has 0 unspecified atom stereocenters. The van der Waals surface area contributed by atoms with E-state index in [-0.39, 0.29) is 5.82 Å². The molecule has 0 aliphatic rings. The molecule has 2 heteroatoms. The summed E-state index contributed by atoms with van der Waals surface area (Å²) in [5.41, 5.74) is 0.760. The fraction of sp³-hybridized carbons (Fsp3) is 0.200. The van der Waals surface area contributed by atoms with Crippen molar-refractivity contribution < 1.29 is 9.13 Å². The third-order valence-electron chi connectivity index (χ3n) is 1.49.